The molecule has 0 aliphatic carbocycles. The first-order chi connectivity index (χ1) is 9.37. The smallest absolute Gasteiger partial charge is 0.411 e. The maximum atomic E-state index is 12.5. The van der Waals surface area contributed by atoms with Crippen LogP contribution in [0.25, 0.3) is 0 Å². The summed E-state index contributed by atoms with van der Waals surface area (Å²) in [5, 5.41) is 7.43. The zero-order chi connectivity index (χ0) is 14.5. The highest BCUT2D eigenvalue weighted by Gasteiger charge is 2.43. The van der Waals surface area contributed by atoms with E-state index < -0.39 is 5.60 Å². The lowest BCUT2D eigenvalue weighted by Gasteiger charge is -2.45. The van der Waals surface area contributed by atoms with Crippen LogP contribution in [-0.2, 0) is 11.2 Å². The fraction of sp³-hybridized carbons (Fsp3) is 0.714. The van der Waals surface area contributed by atoms with Gasteiger partial charge >= 0.3 is 6.09 Å². The van der Waals surface area contributed by atoms with Gasteiger partial charge in [-0.15, -0.1) is 0 Å². The number of carbonyl (C=O) groups is 1. The van der Waals surface area contributed by atoms with Crippen LogP contribution in [0.15, 0.2) is 0 Å². The molecule has 2 bridgehead atoms. The molecule has 1 aromatic heterocycles. The van der Waals surface area contributed by atoms with Crippen LogP contribution in [0.3, 0.4) is 0 Å². The van der Waals surface area contributed by atoms with Crippen LogP contribution in [0.1, 0.15) is 57.3 Å². The highest BCUT2D eigenvalue weighted by Crippen LogP contribution is 2.42. The minimum atomic E-state index is -0.450. The zero-order valence-electron chi connectivity index (χ0n) is 12.1. The summed E-state index contributed by atoms with van der Waals surface area (Å²) in [5.41, 5.74) is 1.95. The fourth-order valence-corrected chi connectivity index (χ4v) is 3.85. The second kappa shape index (κ2) is 4.89. The molecule has 6 heteroatoms. The Morgan fingerprint density at radius 3 is 2.90 bits per heavy atom. The largest absolute Gasteiger partial charge is 0.444 e. The number of halogens is 1. The summed E-state index contributed by atoms with van der Waals surface area (Å²) in [5.74, 6) is 0. The monoisotopic (exact) mass is 389 g/mol. The molecule has 2 unspecified atom stereocenters. The van der Waals surface area contributed by atoms with E-state index >= 15 is 0 Å². The highest BCUT2D eigenvalue weighted by molar-refractivity contribution is 14.1. The summed E-state index contributed by atoms with van der Waals surface area (Å²) < 4.78 is 6.63. The van der Waals surface area contributed by atoms with Crippen LogP contribution >= 0.6 is 22.6 Å². The van der Waals surface area contributed by atoms with Crippen molar-refractivity contribution in [1.82, 2.24) is 15.1 Å². The third kappa shape index (κ3) is 2.42. The predicted octanol–water partition coefficient (Wildman–Crippen LogP) is 3.40. The van der Waals surface area contributed by atoms with Crippen LogP contribution in [0.5, 0.6) is 0 Å². The van der Waals surface area contributed by atoms with Gasteiger partial charge in [-0.2, -0.15) is 5.10 Å². The number of amides is 1. The molecular formula is C14H20IN3O2. The quantitative estimate of drug-likeness (QED) is 0.692. The van der Waals surface area contributed by atoms with Crippen LogP contribution in [-0.4, -0.2) is 32.8 Å². The molecule has 2 aliphatic rings. The van der Waals surface area contributed by atoms with Gasteiger partial charge in [-0.3, -0.25) is 10.00 Å². The highest BCUT2D eigenvalue weighted by atomic mass is 127. The third-order valence-electron chi connectivity index (χ3n) is 3.97. The number of nitrogens with one attached hydrogen (secondary N) is 1. The summed E-state index contributed by atoms with van der Waals surface area (Å²) in [7, 11) is 0. The van der Waals surface area contributed by atoms with E-state index in [2.05, 4.69) is 32.8 Å². The van der Waals surface area contributed by atoms with Crippen molar-refractivity contribution in [2.75, 3.05) is 0 Å². The molecule has 0 aromatic carbocycles. The average molecular weight is 389 g/mol. The lowest BCUT2D eigenvalue weighted by Crippen LogP contribution is -2.51. The molecule has 1 fully saturated rings. The van der Waals surface area contributed by atoms with Crippen molar-refractivity contribution in [3.63, 3.8) is 0 Å². The minimum absolute atomic E-state index is 0.100. The standard InChI is InChI=1S/C14H20IN3O2/c1-14(2,3)20-13(19)18-8-5-4-6-10(18)11-9(7-8)12(15)17-16-11/h8,10H,4-7H2,1-3H3,(H,16,17). The molecule has 3 heterocycles. The maximum Gasteiger partial charge on any atom is 0.411 e. The summed E-state index contributed by atoms with van der Waals surface area (Å²) in [6.07, 6.45) is 3.89. The van der Waals surface area contributed by atoms with E-state index in [-0.39, 0.29) is 18.2 Å². The van der Waals surface area contributed by atoms with Gasteiger partial charge < -0.3 is 4.74 Å². The number of aromatic nitrogens is 2. The van der Waals surface area contributed by atoms with E-state index in [1.165, 1.54) is 5.56 Å². The van der Waals surface area contributed by atoms with Crippen LogP contribution in [0, 0.1) is 3.70 Å². The maximum absolute atomic E-state index is 12.5. The van der Waals surface area contributed by atoms with Crippen molar-refractivity contribution in [1.29, 1.82) is 0 Å². The first-order valence-corrected chi connectivity index (χ1v) is 8.18. The Morgan fingerprint density at radius 2 is 2.20 bits per heavy atom. The Morgan fingerprint density at radius 1 is 1.45 bits per heavy atom. The molecule has 1 saturated heterocycles. The number of nitrogens with zero attached hydrogens (tertiary/aromatic N) is 2. The van der Waals surface area contributed by atoms with Crippen molar-refractivity contribution in [2.24, 2.45) is 0 Å². The van der Waals surface area contributed by atoms with Gasteiger partial charge in [0.2, 0.25) is 0 Å². The van der Waals surface area contributed by atoms with Crippen molar-refractivity contribution in [3.8, 4) is 0 Å². The molecule has 3 rings (SSSR count). The van der Waals surface area contributed by atoms with E-state index in [4.69, 9.17) is 4.74 Å². The normalized spacial score (nSPS) is 25.3. The molecule has 5 nitrogen and oxygen atoms in total. The number of ether oxygens (including phenoxy) is 1. The molecule has 0 spiro atoms. The Balaban J connectivity index is 1.91. The van der Waals surface area contributed by atoms with Gasteiger partial charge in [-0.1, -0.05) is 0 Å². The van der Waals surface area contributed by atoms with Gasteiger partial charge in [0.25, 0.3) is 0 Å². The van der Waals surface area contributed by atoms with Crippen molar-refractivity contribution in [3.05, 3.63) is 15.0 Å². The van der Waals surface area contributed by atoms with Crippen molar-refractivity contribution in [2.45, 2.75) is 64.1 Å². The Hall–Kier alpha value is -0.790. The molecule has 20 heavy (non-hydrogen) atoms. The average Bonchev–Trinajstić information content (AvgIpc) is 2.68. The second-order valence-corrected chi connectivity index (χ2v) is 7.62. The number of H-pyrrole nitrogens is 1. The predicted molar refractivity (Wildman–Crippen MR) is 83.5 cm³/mol. The molecule has 0 radical (unpaired) electrons. The van der Waals surface area contributed by atoms with Crippen LogP contribution < -0.4 is 0 Å². The summed E-state index contributed by atoms with van der Waals surface area (Å²) in [6, 6.07) is 0.352. The van der Waals surface area contributed by atoms with Crippen molar-refractivity contribution < 1.29 is 9.53 Å². The molecule has 110 valence electrons. The number of hydrogen-bond acceptors (Lipinski definition) is 3. The number of piperidine rings is 1. The number of aromatic amines is 1. The van der Waals surface area contributed by atoms with Crippen molar-refractivity contribution >= 4 is 28.7 Å². The zero-order valence-corrected chi connectivity index (χ0v) is 14.2. The number of fused-ring (bicyclic) bond motifs is 4. The third-order valence-corrected chi connectivity index (χ3v) is 4.86. The number of rotatable bonds is 0. The fourth-order valence-electron chi connectivity index (χ4n) is 3.22. The topological polar surface area (TPSA) is 58.2 Å². The van der Waals surface area contributed by atoms with E-state index in [1.807, 2.05) is 25.7 Å². The van der Waals surface area contributed by atoms with Gasteiger partial charge in [0.05, 0.1) is 11.7 Å². The second-order valence-electron chi connectivity index (χ2n) is 6.60. The van der Waals surface area contributed by atoms with E-state index in [1.54, 1.807) is 0 Å². The van der Waals surface area contributed by atoms with E-state index in [9.17, 15) is 4.79 Å². The van der Waals surface area contributed by atoms with Gasteiger partial charge in [0.15, 0.2) is 0 Å². The van der Waals surface area contributed by atoms with Crippen LogP contribution in [0.4, 0.5) is 4.79 Å². The molecule has 1 amide bonds. The molecule has 2 atom stereocenters. The summed E-state index contributed by atoms with van der Waals surface area (Å²) in [4.78, 5) is 14.4. The number of carbonyl (C=O) groups excluding carboxylic acids is 1. The van der Waals surface area contributed by atoms with Gasteiger partial charge in [-0.25, -0.2) is 4.79 Å². The molecule has 1 N–H and O–H groups in total. The first kappa shape index (κ1) is 14.2. The lowest BCUT2D eigenvalue weighted by atomic mass is 9.84. The molecule has 0 saturated carbocycles. The van der Waals surface area contributed by atoms with Gasteiger partial charge in [0, 0.05) is 11.6 Å². The lowest BCUT2D eigenvalue weighted by molar-refractivity contribution is -0.0103. The SMILES string of the molecule is CC(C)(C)OC(=O)N1C2CCCC1c1[nH]nc(I)c1C2. The van der Waals surface area contributed by atoms with Gasteiger partial charge in [0.1, 0.15) is 9.30 Å². The van der Waals surface area contributed by atoms with Crippen LogP contribution in [0.2, 0.25) is 0 Å². The molecule has 1 aromatic rings. The van der Waals surface area contributed by atoms with E-state index in [0.717, 1.165) is 35.1 Å². The first-order valence-electron chi connectivity index (χ1n) is 7.11. The van der Waals surface area contributed by atoms with E-state index in [0.29, 0.717) is 0 Å². The minimum Gasteiger partial charge on any atom is -0.444 e. The Kier molecular flexibility index (Phi) is 3.46. The Labute approximate surface area is 132 Å². The Bertz CT molecular complexity index is 535. The summed E-state index contributed by atoms with van der Waals surface area (Å²) in [6.45, 7) is 5.74. The van der Waals surface area contributed by atoms with Gasteiger partial charge in [-0.05, 0) is 69.0 Å². The summed E-state index contributed by atoms with van der Waals surface area (Å²) >= 11 is 2.27. The molecule has 2 aliphatic heterocycles. The number of hydrogen-bond donors (Lipinski definition) is 1. The molecular weight excluding hydrogens is 369 g/mol.